The Labute approximate surface area is 193 Å². The molecule has 2 aromatic carbocycles. The monoisotopic (exact) mass is 447 g/mol. The number of ether oxygens (including phenoxy) is 1. The summed E-state index contributed by atoms with van der Waals surface area (Å²) in [5, 5.41) is 10.2. The fraction of sp³-hybridized carbons (Fsp3) is 0.320. The molecule has 0 unspecified atom stereocenters. The Bertz CT molecular complexity index is 1110. The number of aryl methyl sites for hydroxylation is 1. The number of para-hydroxylation sites is 2. The van der Waals surface area contributed by atoms with Gasteiger partial charge in [0.25, 0.3) is 0 Å². The maximum atomic E-state index is 12.7. The van der Waals surface area contributed by atoms with Gasteiger partial charge in [0.05, 0.1) is 25.8 Å². The minimum atomic E-state index is -0.489. The van der Waals surface area contributed by atoms with Crippen LogP contribution in [0.15, 0.2) is 60.9 Å². The van der Waals surface area contributed by atoms with E-state index < -0.39 is 6.04 Å². The van der Waals surface area contributed by atoms with Crippen LogP contribution < -0.4 is 15.4 Å². The van der Waals surface area contributed by atoms with E-state index in [4.69, 9.17) is 4.74 Å². The molecule has 0 radical (unpaired) electrons. The highest BCUT2D eigenvalue weighted by atomic mass is 16.5. The van der Waals surface area contributed by atoms with Gasteiger partial charge in [-0.1, -0.05) is 42.0 Å². The molecule has 2 heterocycles. The Balaban J connectivity index is 1.35. The maximum Gasteiger partial charge on any atom is 0.237 e. The molecule has 8 heteroatoms. The van der Waals surface area contributed by atoms with E-state index in [9.17, 15) is 9.59 Å². The van der Waals surface area contributed by atoms with Crippen molar-refractivity contribution in [3.8, 4) is 11.4 Å². The average molecular weight is 448 g/mol. The number of carbonyl (C=O) groups is 2. The van der Waals surface area contributed by atoms with Crippen molar-refractivity contribution in [3.63, 3.8) is 0 Å². The van der Waals surface area contributed by atoms with Crippen molar-refractivity contribution in [2.45, 2.75) is 32.5 Å². The van der Waals surface area contributed by atoms with Crippen LogP contribution >= 0.6 is 0 Å². The molecule has 1 aliphatic heterocycles. The number of aromatic nitrogens is 2. The van der Waals surface area contributed by atoms with Crippen LogP contribution in [0.1, 0.15) is 23.1 Å². The molecule has 0 bridgehead atoms. The van der Waals surface area contributed by atoms with E-state index in [0.29, 0.717) is 31.9 Å². The van der Waals surface area contributed by atoms with Gasteiger partial charge in [0, 0.05) is 37.9 Å². The summed E-state index contributed by atoms with van der Waals surface area (Å²) in [4.78, 5) is 27.3. The molecule has 172 valence electrons. The van der Waals surface area contributed by atoms with Crippen LogP contribution in [0.25, 0.3) is 5.69 Å². The summed E-state index contributed by atoms with van der Waals surface area (Å²) in [6.07, 6.45) is 3.68. The molecule has 1 fully saturated rings. The summed E-state index contributed by atoms with van der Waals surface area (Å²) < 4.78 is 7.11. The first-order valence-electron chi connectivity index (χ1n) is 11.0. The Hall–Kier alpha value is -3.65. The number of hydrogen-bond donors (Lipinski definition) is 2. The molecule has 0 saturated carbocycles. The van der Waals surface area contributed by atoms with Crippen LogP contribution in [0.2, 0.25) is 0 Å². The number of nitrogens with one attached hydrogen (secondary N) is 2. The second-order valence-corrected chi connectivity index (χ2v) is 8.21. The number of rotatable bonds is 8. The highest BCUT2D eigenvalue weighted by molar-refractivity contribution is 5.88. The summed E-state index contributed by atoms with van der Waals surface area (Å²) >= 11 is 0. The molecule has 1 atom stereocenters. The Kier molecular flexibility index (Phi) is 7.04. The van der Waals surface area contributed by atoms with Gasteiger partial charge in [-0.25, -0.2) is 4.68 Å². The Morgan fingerprint density at radius 1 is 1.18 bits per heavy atom. The van der Waals surface area contributed by atoms with Gasteiger partial charge in [-0.05, 0) is 24.6 Å². The lowest BCUT2D eigenvalue weighted by molar-refractivity contribution is -0.134. The lowest BCUT2D eigenvalue weighted by Gasteiger charge is -2.34. The van der Waals surface area contributed by atoms with Crippen molar-refractivity contribution < 1.29 is 14.3 Å². The van der Waals surface area contributed by atoms with E-state index in [-0.39, 0.29) is 18.2 Å². The van der Waals surface area contributed by atoms with Crippen molar-refractivity contribution in [3.05, 3.63) is 77.6 Å². The van der Waals surface area contributed by atoms with Gasteiger partial charge in [0.15, 0.2) is 0 Å². The molecule has 1 saturated heterocycles. The first-order chi connectivity index (χ1) is 16.0. The van der Waals surface area contributed by atoms with E-state index in [2.05, 4.69) is 44.9 Å². The molecule has 2 amide bonds. The largest absolute Gasteiger partial charge is 0.494 e. The van der Waals surface area contributed by atoms with Gasteiger partial charge in [-0.15, -0.1) is 0 Å². The van der Waals surface area contributed by atoms with Crippen molar-refractivity contribution >= 4 is 11.8 Å². The van der Waals surface area contributed by atoms with Crippen LogP contribution in [0.5, 0.6) is 5.75 Å². The van der Waals surface area contributed by atoms with Crippen molar-refractivity contribution in [1.82, 2.24) is 25.3 Å². The van der Waals surface area contributed by atoms with Crippen LogP contribution in [-0.4, -0.2) is 52.7 Å². The highest BCUT2D eigenvalue weighted by Gasteiger charge is 2.31. The minimum Gasteiger partial charge on any atom is -0.494 e. The zero-order valence-corrected chi connectivity index (χ0v) is 19.0. The fourth-order valence-corrected chi connectivity index (χ4v) is 3.95. The molecule has 33 heavy (non-hydrogen) atoms. The van der Waals surface area contributed by atoms with E-state index >= 15 is 0 Å². The lowest BCUT2D eigenvalue weighted by Crippen LogP contribution is -2.56. The summed E-state index contributed by atoms with van der Waals surface area (Å²) in [5.74, 6) is 0.441. The van der Waals surface area contributed by atoms with E-state index in [1.165, 1.54) is 5.56 Å². The predicted octanol–water partition coefficient (Wildman–Crippen LogP) is 2.20. The van der Waals surface area contributed by atoms with Gasteiger partial charge in [0.2, 0.25) is 11.8 Å². The van der Waals surface area contributed by atoms with Crippen molar-refractivity contribution in [2.24, 2.45) is 0 Å². The normalized spacial score (nSPS) is 16.3. The average Bonchev–Trinajstić information content (AvgIpc) is 3.30. The van der Waals surface area contributed by atoms with Gasteiger partial charge in [-0.2, -0.15) is 5.10 Å². The molecular formula is C25H29N5O3. The van der Waals surface area contributed by atoms with Gasteiger partial charge < -0.3 is 15.4 Å². The maximum absolute atomic E-state index is 12.7. The predicted molar refractivity (Wildman–Crippen MR) is 125 cm³/mol. The first kappa shape index (κ1) is 22.5. The second kappa shape index (κ2) is 10.3. The SMILES string of the molecule is COc1ccccc1-n1cc(CNC(=O)C[C@@H]2C(=O)NCCN2Cc2ccc(C)cc2)cn1. The number of amides is 2. The zero-order chi connectivity index (χ0) is 23.2. The van der Waals surface area contributed by atoms with Crippen LogP contribution in [0.3, 0.4) is 0 Å². The van der Waals surface area contributed by atoms with Gasteiger partial charge in [-0.3, -0.25) is 14.5 Å². The van der Waals surface area contributed by atoms with Crippen LogP contribution in [-0.2, 0) is 22.7 Å². The molecule has 0 aliphatic carbocycles. The molecule has 3 aromatic rings. The van der Waals surface area contributed by atoms with Crippen LogP contribution in [0.4, 0.5) is 0 Å². The molecule has 1 aliphatic rings. The number of hydrogen-bond acceptors (Lipinski definition) is 5. The number of piperazine rings is 1. The van der Waals surface area contributed by atoms with Crippen LogP contribution in [0, 0.1) is 6.92 Å². The number of benzene rings is 2. The van der Waals surface area contributed by atoms with Crippen molar-refractivity contribution in [2.75, 3.05) is 20.2 Å². The summed E-state index contributed by atoms with van der Waals surface area (Å²) in [5.41, 5.74) is 4.01. The fourth-order valence-electron chi connectivity index (χ4n) is 3.95. The lowest BCUT2D eigenvalue weighted by atomic mass is 10.1. The number of methoxy groups -OCH3 is 1. The Morgan fingerprint density at radius 2 is 1.97 bits per heavy atom. The third-order valence-corrected chi connectivity index (χ3v) is 5.78. The quantitative estimate of drug-likeness (QED) is 0.553. The smallest absolute Gasteiger partial charge is 0.237 e. The van der Waals surface area contributed by atoms with Gasteiger partial charge >= 0.3 is 0 Å². The first-order valence-corrected chi connectivity index (χ1v) is 11.0. The van der Waals surface area contributed by atoms with E-state index in [1.807, 2.05) is 37.4 Å². The van der Waals surface area contributed by atoms with E-state index in [0.717, 1.165) is 16.8 Å². The third kappa shape index (κ3) is 5.59. The standard InChI is InChI=1S/C25H29N5O3/c1-18-7-9-19(10-8-18)16-29-12-11-26-25(32)22(29)13-24(31)27-14-20-15-28-30(17-20)21-5-3-4-6-23(21)33-2/h3-10,15,17,22H,11-14,16H2,1-2H3,(H,26,32)(H,27,31)/t22-/m1/s1. The van der Waals surface area contributed by atoms with Crippen molar-refractivity contribution in [1.29, 1.82) is 0 Å². The topological polar surface area (TPSA) is 88.5 Å². The van der Waals surface area contributed by atoms with E-state index in [1.54, 1.807) is 18.0 Å². The molecule has 4 rings (SSSR count). The molecule has 2 N–H and O–H groups in total. The zero-order valence-electron chi connectivity index (χ0n) is 19.0. The molecule has 0 spiro atoms. The Morgan fingerprint density at radius 3 is 2.76 bits per heavy atom. The number of nitrogens with zero attached hydrogens (tertiary/aromatic N) is 3. The second-order valence-electron chi connectivity index (χ2n) is 8.21. The summed E-state index contributed by atoms with van der Waals surface area (Å²) in [6, 6.07) is 15.4. The van der Waals surface area contributed by atoms with Gasteiger partial charge in [0.1, 0.15) is 11.4 Å². The molecular weight excluding hydrogens is 418 g/mol. The summed E-state index contributed by atoms with van der Waals surface area (Å²) in [6.45, 7) is 4.32. The molecule has 1 aromatic heterocycles. The third-order valence-electron chi connectivity index (χ3n) is 5.78. The molecule has 8 nitrogen and oxygen atoms in total. The minimum absolute atomic E-state index is 0.104. The summed E-state index contributed by atoms with van der Waals surface area (Å²) in [7, 11) is 1.62. The number of carbonyl (C=O) groups excluding carboxylic acids is 2. The highest BCUT2D eigenvalue weighted by Crippen LogP contribution is 2.21.